The summed E-state index contributed by atoms with van der Waals surface area (Å²) in [6.45, 7) is -2.28. The second-order valence-corrected chi connectivity index (χ2v) is 18.0. The highest BCUT2D eigenvalue weighted by molar-refractivity contribution is 5.87. The molecule has 1 aliphatic carbocycles. The number of methoxy groups -OCH3 is 1. The minimum atomic E-state index is -2.10. The van der Waals surface area contributed by atoms with E-state index in [0.717, 1.165) is 18.2 Å². The predicted molar refractivity (Wildman–Crippen MR) is 258 cm³/mol. The maximum atomic E-state index is 12.9. The van der Waals surface area contributed by atoms with Crippen LogP contribution >= 0.6 is 0 Å². The molecule has 0 spiro atoms. The van der Waals surface area contributed by atoms with Crippen LogP contribution in [0.2, 0.25) is 0 Å². The minimum absolute atomic E-state index is 0.0153. The number of ether oxygens (including phenoxy) is 10. The van der Waals surface area contributed by atoms with Crippen LogP contribution in [-0.2, 0) is 52.2 Å². The van der Waals surface area contributed by atoms with Crippen molar-refractivity contribution in [2.24, 2.45) is 0 Å². The maximum Gasteiger partial charge on any atom is 0.330 e. The first-order valence-electron chi connectivity index (χ1n) is 23.7. The van der Waals surface area contributed by atoms with E-state index in [1.165, 1.54) is 98.1 Å². The summed E-state index contributed by atoms with van der Waals surface area (Å²) in [6.07, 6.45) is -20.9. The number of phenols is 3. The average molecular weight is 1080 g/mol. The molecule has 0 bridgehead atoms. The number of phenolic OH excluding ortho intramolecular Hbond substituents is 3. The summed E-state index contributed by atoms with van der Waals surface area (Å²) in [4.78, 5) is 25.7. The van der Waals surface area contributed by atoms with Crippen LogP contribution in [0.4, 0.5) is 0 Å². The Hall–Kier alpha value is -7.08. The largest absolute Gasteiger partial charge is 0.508 e. The third kappa shape index (κ3) is 13.0. The zero-order chi connectivity index (χ0) is 55.2. The van der Waals surface area contributed by atoms with Gasteiger partial charge in [0.05, 0.1) is 13.7 Å². The van der Waals surface area contributed by atoms with Crippen molar-refractivity contribution in [1.82, 2.24) is 0 Å². The fourth-order valence-electron chi connectivity index (χ4n) is 8.46. The molecule has 77 heavy (non-hydrogen) atoms. The zero-order valence-electron chi connectivity index (χ0n) is 40.5. The Bertz CT molecular complexity index is 2750. The molecule has 25 nitrogen and oxygen atoms in total. The van der Waals surface area contributed by atoms with Gasteiger partial charge in [-0.15, -0.1) is 0 Å². The van der Waals surface area contributed by atoms with E-state index in [2.05, 4.69) is 0 Å². The topological polar surface area (TPSA) is 389 Å². The molecule has 3 aromatic carbocycles. The number of benzene rings is 3. The van der Waals surface area contributed by atoms with Crippen molar-refractivity contribution in [3.05, 3.63) is 137 Å². The van der Waals surface area contributed by atoms with Crippen molar-refractivity contribution in [1.29, 1.82) is 0 Å². The van der Waals surface area contributed by atoms with Crippen LogP contribution in [0.3, 0.4) is 0 Å². The Kier molecular flexibility index (Phi) is 17.9. The number of esters is 2. The van der Waals surface area contributed by atoms with Crippen molar-refractivity contribution < 1.29 is 123 Å². The molecule has 4 aliphatic heterocycles. The molecule has 13 N–H and O–H groups in total. The molecule has 0 aromatic heterocycles. The molecule has 414 valence electrons. The SMILES string of the molecule is COc1cc(/C=C/C(=O)OC[C@H]2O[C@@H](O[C@H]3[C@H](OC4=C(c5ccc(O)cc5)OC5C=C(O)C=C(O[C@@H]6O[C@H](CO)[C@@H](O)[C@H](O)[C@H]6O)C5=C4)O[C@H](COC(=O)/C=C/c4ccc(O)cc4)[C@@H](O)[C@@H]3O)[C@H](O)[C@@H](O)[C@@H]2O)ccc1O. The lowest BCUT2D eigenvalue weighted by Crippen LogP contribution is -2.64. The van der Waals surface area contributed by atoms with Gasteiger partial charge in [-0.05, 0) is 77.9 Å². The third-order valence-electron chi connectivity index (χ3n) is 12.7. The van der Waals surface area contributed by atoms with Crippen LogP contribution in [0.15, 0.2) is 120 Å². The van der Waals surface area contributed by atoms with E-state index in [0.29, 0.717) is 11.1 Å². The van der Waals surface area contributed by atoms with Gasteiger partial charge in [0.25, 0.3) is 0 Å². The zero-order valence-corrected chi connectivity index (χ0v) is 40.5. The summed E-state index contributed by atoms with van der Waals surface area (Å²) < 4.78 is 58.1. The molecule has 3 aromatic rings. The van der Waals surface area contributed by atoms with E-state index in [1.807, 2.05) is 0 Å². The van der Waals surface area contributed by atoms with Crippen LogP contribution in [0, 0.1) is 0 Å². The number of carbonyl (C=O) groups is 2. The Labute approximate surface area is 437 Å². The number of aliphatic hydroxyl groups excluding tert-OH is 10. The molecule has 0 saturated carbocycles. The molecular formula is C52H56O25. The standard InChI is InChI=1S/C52H56O25/c1-68-33-16-24(4-13-30(33)57)6-15-39(59)69-21-36-41(61)44(64)47(67)51(75-36)77-49-45(65)42(62)37(22-70-38(58)14-5-23-2-9-26(54)10-3-23)76-52(49)73-34-19-29-31(71-48(34)25-7-11-27(55)12-8-25)17-28(56)18-32(29)72-50-46(66)43(63)40(60)35(20-53)74-50/h2-19,31,35-37,40-47,49-57,60-67H,20-22H2,1H3/b14-5+,15-6+/t31?,35-,36-,37-,40-,41-,42-,43+,44+,45+,46-,47-,49-,50-,51+,52-/m1/s1. The molecule has 3 fully saturated rings. The van der Waals surface area contributed by atoms with Gasteiger partial charge in [-0.2, -0.15) is 0 Å². The van der Waals surface area contributed by atoms with Gasteiger partial charge >= 0.3 is 11.9 Å². The van der Waals surface area contributed by atoms with Crippen LogP contribution in [0.1, 0.15) is 16.7 Å². The lowest BCUT2D eigenvalue weighted by atomic mass is 9.96. The van der Waals surface area contributed by atoms with Gasteiger partial charge in [0, 0.05) is 35.4 Å². The molecule has 16 atom stereocenters. The smallest absolute Gasteiger partial charge is 0.330 e. The lowest BCUT2D eigenvalue weighted by Gasteiger charge is -2.46. The second kappa shape index (κ2) is 24.5. The molecule has 4 heterocycles. The molecule has 0 amide bonds. The molecule has 5 aliphatic rings. The van der Waals surface area contributed by atoms with E-state index in [-0.39, 0.29) is 51.4 Å². The Morgan fingerprint density at radius 3 is 1.77 bits per heavy atom. The number of aromatic hydroxyl groups is 3. The lowest BCUT2D eigenvalue weighted by molar-refractivity contribution is -0.363. The van der Waals surface area contributed by atoms with Crippen molar-refractivity contribution in [3.63, 3.8) is 0 Å². The monoisotopic (exact) mass is 1080 g/mol. The number of hydrogen-bond acceptors (Lipinski definition) is 25. The molecule has 25 heteroatoms. The van der Waals surface area contributed by atoms with Gasteiger partial charge in [-0.3, -0.25) is 0 Å². The fourth-order valence-corrected chi connectivity index (χ4v) is 8.46. The van der Waals surface area contributed by atoms with Gasteiger partial charge in [-0.1, -0.05) is 18.2 Å². The van der Waals surface area contributed by atoms with Crippen LogP contribution in [-0.4, -0.2) is 203 Å². The van der Waals surface area contributed by atoms with Crippen molar-refractivity contribution in [3.8, 4) is 23.0 Å². The summed E-state index contributed by atoms with van der Waals surface area (Å²) in [7, 11) is 1.33. The number of allylic oxidation sites excluding steroid dienone is 2. The second-order valence-electron chi connectivity index (χ2n) is 18.0. The van der Waals surface area contributed by atoms with Gasteiger partial charge < -0.3 is 114 Å². The minimum Gasteiger partial charge on any atom is -0.508 e. The highest BCUT2D eigenvalue weighted by Crippen LogP contribution is 2.41. The predicted octanol–water partition coefficient (Wildman–Crippen LogP) is -0.869. The first kappa shape index (κ1) is 56.1. The van der Waals surface area contributed by atoms with Crippen LogP contribution < -0.4 is 4.74 Å². The van der Waals surface area contributed by atoms with Gasteiger partial charge in [-0.25, -0.2) is 9.59 Å². The third-order valence-corrected chi connectivity index (χ3v) is 12.7. The molecule has 8 rings (SSSR count). The maximum absolute atomic E-state index is 12.9. The Morgan fingerprint density at radius 1 is 0.597 bits per heavy atom. The van der Waals surface area contributed by atoms with Gasteiger partial charge in [0.15, 0.2) is 35.4 Å². The summed E-state index contributed by atoms with van der Waals surface area (Å²) in [5.41, 5.74) is 1.18. The van der Waals surface area contributed by atoms with E-state index in [9.17, 15) is 76.0 Å². The van der Waals surface area contributed by atoms with Crippen LogP contribution in [0.5, 0.6) is 23.0 Å². The number of aliphatic hydroxyl groups is 10. The quantitative estimate of drug-likeness (QED) is 0.0577. The number of rotatable bonds is 17. The molecular weight excluding hydrogens is 1020 g/mol. The molecule has 1 unspecified atom stereocenters. The van der Waals surface area contributed by atoms with E-state index < -0.39 is 136 Å². The highest BCUT2D eigenvalue weighted by atomic mass is 16.8. The first-order chi connectivity index (χ1) is 36.8. The summed E-state index contributed by atoms with van der Waals surface area (Å²) >= 11 is 0. The van der Waals surface area contributed by atoms with Gasteiger partial charge in [0.1, 0.15) is 109 Å². The Morgan fingerprint density at radius 2 is 1.14 bits per heavy atom. The number of hydrogen-bond donors (Lipinski definition) is 13. The number of fused-ring (bicyclic) bond motifs is 1. The Balaban J connectivity index is 1.09. The van der Waals surface area contributed by atoms with E-state index >= 15 is 0 Å². The highest BCUT2D eigenvalue weighted by Gasteiger charge is 2.53. The van der Waals surface area contributed by atoms with E-state index in [1.54, 1.807) is 0 Å². The van der Waals surface area contributed by atoms with Crippen LogP contribution in [0.25, 0.3) is 17.9 Å². The van der Waals surface area contributed by atoms with Gasteiger partial charge in [0.2, 0.25) is 12.6 Å². The van der Waals surface area contributed by atoms with E-state index in [4.69, 9.17) is 47.4 Å². The number of carbonyl (C=O) groups excluding carboxylic acids is 2. The summed E-state index contributed by atoms with van der Waals surface area (Å²) in [5, 5.41) is 139. The van der Waals surface area contributed by atoms with Crippen molar-refractivity contribution in [2.75, 3.05) is 26.9 Å². The fraction of sp³-hybridized carbons (Fsp3) is 0.385. The molecule has 3 saturated heterocycles. The average Bonchev–Trinajstić information content (AvgIpc) is 3.45. The normalized spacial score (nSPS) is 32.3. The van der Waals surface area contributed by atoms with Crippen molar-refractivity contribution in [2.45, 2.75) is 98.2 Å². The van der Waals surface area contributed by atoms with Crippen molar-refractivity contribution >= 4 is 29.8 Å². The summed E-state index contributed by atoms with van der Waals surface area (Å²) in [6, 6.07) is 15.5. The summed E-state index contributed by atoms with van der Waals surface area (Å²) in [5.74, 6) is -3.22. The first-order valence-corrected chi connectivity index (χ1v) is 23.7. The molecule has 0 radical (unpaired) electrons.